The number of hydrogen-bond acceptors (Lipinski definition) is 6. The molecule has 2 unspecified atom stereocenters. The molecule has 0 aliphatic carbocycles. The first-order valence-electron chi connectivity index (χ1n) is 6.94. The molecule has 8 heteroatoms. The number of anilines is 1. The fraction of sp³-hybridized carbons (Fsp3) is 0.538. The van der Waals surface area contributed by atoms with Crippen LogP contribution >= 0.6 is 0 Å². The molecule has 1 aliphatic rings. The molecule has 0 saturated carbocycles. The van der Waals surface area contributed by atoms with E-state index >= 15 is 0 Å². The first-order valence-corrected chi connectivity index (χ1v) is 6.94. The third-order valence-corrected chi connectivity index (χ3v) is 3.70. The Hall–Kier alpha value is -2.22. The summed E-state index contributed by atoms with van der Waals surface area (Å²) in [5, 5.41) is 17.3. The van der Waals surface area contributed by atoms with Crippen LogP contribution in [0.15, 0.2) is 18.7 Å². The van der Waals surface area contributed by atoms with Gasteiger partial charge in [0.15, 0.2) is 5.82 Å². The van der Waals surface area contributed by atoms with Crippen molar-refractivity contribution in [3.63, 3.8) is 0 Å². The summed E-state index contributed by atoms with van der Waals surface area (Å²) in [5.74, 6) is -0.743. The number of carboxylic acids is 1. The van der Waals surface area contributed by atoms with E-state index in [4.69, 9.17) is 4.74 Å². The molecule has 2 aromatic rings. The predicted molar refractivity (Wildman–Crippen MR) is 74.2 cm³/mol. The Morgan fingerprint density at radius 2 is 2.43 bits per heavy atom. The van der Waals surface area contributed by atoms with E-state index in [0.717, 1.165) is 6.42 Å². The molecule has 21 heavy (non-hydrogen) atoms. The van der Waals surface area contributed by atoms with Gasteiger partial charge in [-0.25, -0.2) is 4.98 Å². The van der Waals surface area contributed by atoms with Gasteiger partial charge >= 0.3 is 5.97 Å². The van der Waals surface area contributed by atoms with E-state index in [0.29, 0.717) is 24.6 Å². The second kappa shape index (κ2) is 5.65. The van der Waals surface area contributed by atoms with Gasteiger partial charge in [0.2, 0.25) is 5.65 Å². The number of ether oxygens (including phenoxy) is 1. The molecule has 0 amide bonds. The van der Waals surface area contributed by atoms with Crippen LogP contribution in [0.5, 0.6) is 0 Å². The second-order valence-corrected chi connectivity index (χ2v) is 5.06. The highest BCUT2D eigenvalue weighted by Gasteiger charge is 2.39. The molecule has 0 bridgehead atoms. The van der Waals surface area contributed by atoms with Gasteiger partial charge in [-0.1, -0.05) is 6.92 Å². The Morgan fingerprint density at radius 1 is 1.57 bits per heavy atom. The molecule has 1 saturated heterocycles. The minimum Gasteiger partial charge on any atom is -0.481 e. The zero-order valence-corrected chi connectivity index (χ0v) is 11.7. The van der Waals surface area contributed by atoms with E-state index in [1.54, 1.807) is 23.1 Å². The normalized spacial score (nSPS) is 21.8. The second-order valence-electron chi connectivity index (χ2n) is 5.06. The predicted octanol–water partition coefficient (Wildman–Crippen LogP) is 0.440. The Balaban J connectivity index is 2.01. The first-order chi connectivity index (χ1) is 10.2. The van der Waals surface area contributed by atoms with Crippen molar-refractivity contribution in [3.05, 3.63) is 18.7 Å². The van der Waals surface area contributed by atoms with E-state index in [2.05, 4.69) is 15.2 Å². The first kappa shape index (κ1) is 13.7. The molecule has 3 heterocycles. The highest BCUT2D eigenvalue weighted by Crippen LogP contribution is 2.26. The number of rotatable bonds is 5. The smallest absolute Gasteiger partial charge is 0.311 e. The van der Waals surface area contributed by atoms with Gasteiger partial charge in [-0.3, -0.25) is 9.20 Å². The molecule has 1 aliphatic heterocycles. The van der Waals surface area contributed by atoms with Crippen LogP contribution < -0.4 is 4.90 Å². The SMILES string of the molecule is CCCN(c1nccn2cnnc12)C1COCC1C(=O)O. The van der Waals surface area contributed by atoms with Crippen LogP contribution in [0, 0.1) is 5.92 Å². The third-order valence-electron chi connectivity index (χ3n) is 3.70. The van der Waals surface area contributed by atoms with Gasteiger partial charge in [0.05, 0.1) is 19.3 Å². The van der Waals surface area contributed by atoms with Crippen LogP contribution in [-0.4, -0.2) is 56.5 Å². The van der Waals surface area contributed by atoms with Crippen LogP contribution in [0.3, 0.4) is 0 Å². The minimum absolute atomic E-state index is 0.232. The van der Waals surface area contributed by atoms with Crippen molar-refractivity contribution in [2.45, 2.75) is 19.4 Å². The Morgan fingerprint density at radius 3 is 3.19 bits per heavy atom. The Labute approximate surface area is 121 Å². The van der Waals surface area contributed by atoms with E-state index < -0.39 is 11.9 Å². The van der Waals surface area contributed by atoms with Crippen molar-refractivity contribution in [2.24, 2.45) is 5.92 Å². The topological polar surface area (TPSA) is 92.9 Å². The molecule has 0 radical (unpaired) electrons. The maximum absolute atomic E-state index is 11.4. The lowest BCUT2D eigenvalue weighted by atomic mass is 10.0. The van der Waals surface area contributed by atoms with Gasteiger partial charge in [0.1, 0.15) is 12.2 Å². The Bertz CT molecular complexity index is 644. The molecule has 1 fully saturated rings. The zero-order valence-electron chi connectivity index (χ0n) is 11.7. The number of hydrogen-bond donors (Lipinski definition) is 1. The molecule has 1 N–H and O–H groups in total. The molecule has 8 nitrogen and oxygen atoms in total. The lowest BCUT2D eigenvalue weighted by molar-refractivity contribution is -0.142. The maximum atomic E-state index is 11.4. The molecular formula is C13H17N5O3. The van der Waals surface area contributed by atoms with Crippen molar-refractivity contribution in [2.75, 3.05) is 24.7 Å². The van der Waals surface area contributed by atoms with Crippen LogP contribution in [-0.2, 0) is 9.53 Å². The highest BCUT2D eigenvalue weighted by atomic mass is 16.5. The van der Waals surface area contributed by atoms with Crippen LogP contribution in [0.1, 0.15) is 13.3 Å². The van der Waals surface area contributed by atoms with Gasteiger partial charge in [0.25, 0.3) is 0 Å². The number of nitrogens with zero attached hydrogens (tertiary/aromatic N) is 5. The van der Waals surface area contributed by atoms with Crippen LogP contribution in [0.4, 0.5) is 5.82 Å². The molecular weight excluding hydrogens is 274 g/mol. The summed E-state index contributed by atoms with van der Waals surface area (Å²) in [5.41, 5.74) is 0.627. The van der Waals surface area contributed by atoms with Gasteiger partial charge in [0, 0.05) is 18.9 Å². The molecule has 2 aromatic heterocycles. The number of aromatic nitrogens is 4. The number of fused-ring (bicyclic) bond motifs is 1. The summed E-state index contributed by atoms with van der Waals surface area (Å²) < 4.78 is 7.15. The number of carbonyl (C=O) groups is 1. The average molecular weight is 291 g/mol. The average Bonchev–Trinajstić information content (AvgIpc) is 3.12. The maximum Gasteiger partial charge on any atom is 0.311 e. The van der Waals surface area contributed by atoms with Crippen molar-refractivity contribution in [1.82, 2.24) is 19.6 Å². The van der Waals surface area contributed by atoms with E-state index in [-0.39, 0.29) is 12.6 Å². The molecule has 0 aromatic carbocycles. The quantitative estimate of drug-likeness (QED) is 0.854. The van der Waals surface area contributed by atoms with Gasteiger partial charge in [-0.15, -0.1) is 10.2 Å². The lowest BCUT2D eigenvalue weighted by Gasteiger charge is -2.31. The zero-order chi connectivity index (χ0) is 14.8. The summed E-state index contributed by atoms with van der Waals surface area (Å²) in [7, 11) is 0. The van der Waals surface area contributed by atoms with Crippen molar-refractivity contribution < 1.29 is 14.6 Å². The van der Waals surface area contributed by atoms with Gasteiger partial charge < -0.3 is 14.7 Å². The fourth-order valence-electron chi connectivity index (χ4n) is 2.70. The Kier molecular flexibility index (Phi) is 3.70. The lowest BCUT2D eigenvalue weighted by Crippen LogP contribution is -2.44. The van der Waals surface area contributed by atoms with Crippen molar-refractivity contribution in [3.8, 4) is 0 Å². The summed E-state index contributed by atoms with van der Waals surface area (Å²) in [6.07, 6.45) is 5.91. The monoisotopic (exact) mass is 291 g/mol. The van der Waals surface area contributed by atoms with E-state index in [1.165, 1.54) is 0 Å². The van der Waals surface area contributed by atoms with Crippen LogP contribution in [0.25, 0.3) is 5.65 Å². The van der Waals surface area contributed by atoms with Crippen molar-refractivity contribution in [1.29, 1.82) is 0 Å². The number of carboxylic acid groups (broad SMARTS) is 1. The highest BCUT2D eigenvalue weighted by molar-refractivity contribution is 5.73. The van der Waals surface area contributed by atoms with Gasteiger partial charge in [-0.05, 0) is 6.42 Å². The van der Waals surface area contributed by atoms with E-state index in [9.17, 15) is 9.90 Å². The van der Waals surface area contributed by atoms with Crippen LogP contribution in [0.2, 0.25) is 0 Å². The largest absolute Gasteiger partial charge is 0.481 e. The molecule has 3 rings (SSSR count). The van der Waals surface area contributed by atoms with Gasteiger partial charge in [-0.2, -0.15) is 0 Å². The fourth-order valence-corrected chi connectivity index (χ4v) is 2.70. The standard InChI is InChI=1S/C13H17N5O3/c1-2-4-18(10-7-21-6-9(10)13(19)20)11-12-16-15-8-17(12)5-3-14-11/h3,5,8-10H,2,4,6-7H2,1H3,(H,19,20). The number of aliphatic carboxylic acids is 1. The molecule has 112 valence electrons. The summed E-state index contributed by atoms with van der Waals surface area (Å²) in [6, 6.07) is -0.238. The summed E-state index contributed by atoms with van der Waals surface area (Å²) >= 11 is 0. The van der Waals surface area contributed by atoms with E-state index in [1.807, 2.05) is 11.8 Å². The third kappa shape index (κ3) is 2.42. The molecule has 2 atom stereocenters. The summed E-state index contributed by atoms with van der Waals surface area (Å²) in [6.45, 7) is 3.35. The molecule has 0 spiro atoms. The summed E-state index contributed by atoms with van der Waals surface area (Å²) in [4.78, 5) is 17.8. The van der Waals surface area contributed by atoms with Crippen molar-refractivity contribution >= 4 is 17.4 Å². The minimum atomic E-state index is -0.841.